The van der Waals surface area contributed by atoms with Crippen LogP contribution in [0.25, 0.3) is 0 Å². The van der Waals surface area contributed by atoms with E-state index < -0.39 is 0 Å². The van der Waals surface area contributed by atoms with Crippen LogP contribution in [0.2, 0.25) is 0 Å². The molecule has 0 aliphatic heterocycles. The fraction of sp³-hybridized carbons (Fsp3) is 0.500. The first-order valence-corrected chi connectivity index (χ1v) is 17.5. The zero-order valence-corrected chi connectivity index (χ0v) is 36.3. The van der Waals surface area contributed by atoms with Crippen molar-refractivity contribution in [2.45, 2.75) is 108 Å². The van der Waals surface area contributed by atoms with Crippen LogP contribution in [-0.4, -0.2) is 87.5 Å². The highest BCUT2D eigenvalue weighted by molar-refractivity contribution is 5.88. The fourth-order valence-corrected chi connectivity index (χ4v) is 1.80. The van der Waals surface area contributed by atoms with E-state index >= 15 is 0 Å². The predicted molar refractivity (Wildman–Crippen MR) is 220 cm³/mol. The molecule has 14 nitrogen and oxygen atoms in total. The maximum atomic E-state index is 10.6. The minimum atomic E-state index is -0.361. The zero-order valence-electron chi connectivity index (χ0n) is 36.3. The van der Waals surface area contributed by atoms with Crippen LogP contribution in [0.1, 0.15) is 95.9 Å². The van der Waals surface area contributed by atoms with Crippen LogP contribution >= 0.6 is 0 Å². The Labute approximate surface area is 336 Å². The van der Waals surface area contributed by atoms with Crippen LogP contribution in [0.3, 0.4) is 0 Å². The van der Waals surface area contributed by atoms with Gasteiger partial charge in [-0.05, 0) is 82.1 Å². The molecule has 56 heavy (non-hydrogen) atoms. The number of ether oxygens (including phenoxy) is 7. The Bertz CT molecular complexity index is 1220. The third-order valence-electron chi connectivity index (χ3n) is 4.22. The van der Waals surface area contributed by atoms with Crippen LogP contribution in [-0.2, 0) is 66.7 Å². The first kappa shape index (κ1) is 65.4. The van der Waals surface area contributed by atoms with E-state index in [9.17, 15) is 33.6 Å². The van der Waals surface area contributed by atoms with Crippen molar-refractivity contribution < 1.29 is 66.7 Å². The van der Waals surface area contributed by atoms with Crippen LogP contribution in [0.4, 0.5) is 0 Å². The molecular formula is C42H70O14. The lowest BCUT2D eigenvalue weighted by atomic mass is 10.3. The van der Waals surface area contributed by atoms with E-state index in [0.717, 1.165) is 31.1 Å². The van der Waals surface area contributed by atoms with Gasteiger partial charge in [0, 0.05) is 40.5 Å². The molecule has 0 aliphatic rings. The van der Waals surface area contributed by atoms with Crippen LogP contribution < -0.4 is 0 Å². The number of carbonyl (C=O) groups is 7. The van der Waals surface area contributed by atoms with Crippen molar-refractivity contribution >= 4 is 41.8 Å². The topological polar surface area (TPSA) is 184 Å². The molecule has 14 heteroatoms. The molecule has 0 radical (unpaired) electrons. The first-order valence-electron chi connectivity index (χ1n) is 17.5. The van der Waals surface area contributed by atoms with Gasteiger partial charge in [0.15, 0.2) is 0 Å². The van der Waals surface area contributed by atoms with Gasteiger partial charge in [-0.25, -0.2) is 33.6 Å². The summed E-state index contributed by atoms with van der Waals surface area (Å²) in [5.41, 5.74) is 1.79. The molecule has 0 atom stereocenters. The van der Waals surface area contributed by atoms with Crippen molar-refractivity contribution in [3.8, 4) is 0 Å². The average molecular weight is 799 g/mol. The summed E-state index contributed by atoms with van der Waals surface area (Å²) in [7, 11) is 1.33. The summed E-state index contributed by atoms with van der Waals surface area (Å²) < 4.78 is 32.0. The molecule has 322 valence electrons. The lowest BCUT2D eigenvalue weighted by Gasteiger charge is -2.05. The maximum absolute atomic E-state index is 10.6. The second-order valence-corrected chi connectivity index (χ2v) is 10.9. The number of carbonyl (C=O) groups excluding carboxylic acids is 7. The minimum absolute atomic E-state index is 0.0412. The van der Waals surface area contributed by atoms with E-state index in [1.165, 1.54) is 7.11 Å². The standard InChI is InChI=1S/2C7H12O2.3C6H10O2.2C5H8O2/c1-5(2)7(8)9-6(3)4;1-4-5-9-7(8)6(2)3;1-4-8-6(7)5(2)3;1-4-6(7)8-5(2)3;1-3-5-8-6(7)4-2;1-4(2)5(6)7-3;1-3-5(6)7-4-2/h6H,1H2,2-4H3;2,4-5H2,1,3H3;2,4H2,1,3H3;4-5H,1H2,2-3H3;4H,2-3,5H2,1H3;1H2,2-3H3;3H,1,4H2,2H3. The molecule has 0 unspecified atom stereocenters. The molecule has 0 saturated heterocycles. The summed E-state index contributed by atoms with van der Waals surface area (Å²) in [5, 5.41) is 0. The Hall–Kier alpha value is -5.53. The molecule has 0 amide bonds. The molecule has 0 fully saturated rings. The van der Waals surface area contributed by atoms with Crippen molar-refractivity contribution in [2.24, 2.45) is 0 Å². The summed E-state index contributed by atoms with van der Waals surface area (Å²) in [5.74, 6) is -2.33. The summed E-state index contributed by atoms with van der Waals surface area (Å²) in [6, 6.07) is 0. The highest BCUT2D eigenvalue weighted by Gasteiger charge is 2.04. The van der Waals surface area contributed by atoms with Gasteiger partial charge in [-0.2, -0.15) is 0 Å². The Balaban J connectivity index is -0.000000100. The van der Waals surface area contributed by atoms with Gasteiger partial charge in [0.25, 0.3) is 0 Å². The van der Waals surface area contributed by atoms with Crippen LogP contribution in [0, 0.1) is 0 Å². The molecule has 0 aliphatic carbocycles. The van der Waals surface area contributed by atoms with Crippen molar-refractivity contribution in [2.75, 3.05) is 33.5 Å². The molecule has 0 bridgehead atoms. The molecule has 0 aromatic rings. The van der Waals surface area contributed by atoms with Gasteiger partial charge in [-0.3, -0.25) is 0 Å². The molecule has 0 spiro atoms. The molecule has 0 N–H and O–H groups in total. The molecule has 0 aromatic heterocycles. The quantitative estimate of drug-likeness (QED) is 0.0885. The number of rotatable bonds is 15. The number of hydrogen-bond donors (Lipinski definition) is 0. The fourth-order valence-electron chi connectivity index (χ4n) is 1.80. The van der Waals surface area contributed by atoms with Crippen molar-refractivity contribution in [1.29, 1.82) is 0 Å². The molecule has 0 rings (SSSR count). The molecule has 0 heterocycles. The maximum Gasteiger partial charge on any atom is 0.333 e. The lowest BCUT2D eigenvalue weighted by molar-refractivity contribution is -0.143. The van der Waals surface area contributed by atoms with E-state index in [1.54, 1.807) is 69.2 Å². The molecular weight excluding hydrogens is 728 g/mol. The smallest absolute Gasteiger partial charge is 0.333 e. The summed E-state index contributed by atoms with van der Waals surface area (Å²) >= 11 is 0. The van der Waals surface area contributed by atoms with Crippen molar-refractivity contribution in [3.63, 3.8) is 0 Å². The minimum Gasteiger partial charge on any atom is -0.466 e. The van der Waals surface area contributed by atoms with Gasteiger partial charge < -0.3 is 33.2 Å². The zero-order chi connectivity index (χ0) is 45.8. The van der Waals surface area contributed by atoms with Gasteiger partial charge in [0.05, 0.1) is 45.7 Å². The third kappa shape index (κ3) is 66.7. The Morgan fingerprint density at radius 1 is 0.464 bits per heavy atom. The number of methoxy groups -OCH3 is 1. The average Bonchev–Trinajstić information content (AvgIpc) is 3.13. The summed E-state index contributed by atoms with van der Waals surface area (Å²) in [6.45, 7) is 46.2. The van der Waals surface area contributed by atoms with Gasteiger partial charge in [-0.1, -0.05) is 59.9 Å². The highest BCUT2D eigenvalue weighted by Crippen LogP contribution is 1.96. The van der Waals surface area contributed by atoms with Gasteiger partial charge in [0.1, 0.15) is 0 Å². The van der Waals surface area contributed by atoms with Crippen molar-refractivity contribution in [1.82, 2.24) is 0 Å². The van der Waals surface area contributed by atoms with E-state index in [-0.39, 0.29) is 54.0 Å². The normalized spacial score (nSPS) is 8.41. The summed E-state index contributed by atoms with van der Waals surface area (Å²) in [4.78, 5) is 72.4. The number of esters is 7. The van der Waals surface area contributed by atoms with E-state index in [1.807, 2.05) is 13.8 Å². The van der Waals surface area contributed by atoms with Crippen LogP contribution in [0.15, 0.2) is 86.6 Å². The third-order valence-corrected chi connectivity index (χ3v) is 4.22. The highest BCUT2D eigenvalue weighted by atomic mass is 16.6. The van der Waals surface area contributed by atoms with Gasteiger partial charge in [0.2, 0.25) is 0 Å². The predicted octanol–water partition coefficient (Wildman–Crippen LogP) is 7.88. The van der Waals surface area contributed by atoms with Crippen LogP contribution in [0.5, 0.6) is 0 Å². The lowest BCUT2D eigenvalue weighted by Crippen LogP contribution is -2.11. The SMILES string of the molecule is C=C(C)C(=O)OC.C=C(C)C(=O)OC(C)C.C=C(C)C(=O)OCC.C=C(C)C(=O)OCCC.C=CC(=O)OC(C)C.C=CC(=O)OCC.C=CC(=O)OCCC. The molecule has 0 saturated carbocycles. The van der Waals surface area contributed by atoms with E-state index in [2.05, 4.69) is 69.7 Å². The Morgan fingerprint density at radius 2 is 0.786 bits per heavy atom. The van der Waals surface area contributed by atoms with E-state index in [0.29, 0.717) is 48.7 Å². The van der Waals surface area contributed by atoms with Gasteiger partial charge in [-0.15, -0.1) is 0 Å². The second-order valence-electron chi connectivity index (χ2n) is 10.9. The largest absolute Gasteiger partial charge is 0.466 e. The summed E-state index contributed by atoms with van der Waals surface area (Å²) in [6.07, 6.45) is 5.09. The Morgan fingerprint density at radius 3 is 0.964 bits per heavy atom. The first-order chi connectivity index (χ1) is 25.9. The number of hydrogen-bond acceptors (Lipinski definition) is 14. The van der Waals surface area contributed by atoms with Gasteiger partial charge >= 0.3 is 41.8 Å². The van der Waals surface area contributed by atoms with Crippen molar-refractivity contribution in [3.05, 3.63) is 86.6 Å². The molecule has 0 aromatic carbocycles. The Kier molecular flexibility index (Phi) is 55.4. The second kappa shape index (κ2) is 47.5. The monoisotopic (exact) mass is 798 g/mol. The van der Waals surface area contributed by atoms with E-state index in [4.69, 9.17) is 9.47 Å².